The third-order valence-electron chi connectivity index (χ3n) is 3.62. The van der Waals surface area contributed by atoms with Crippen LogP contribution < -0.4 is 10.2 Å². The van der Waals surface area contributed by atoms with Crippen LogP contribution in [0.3, 0.4) is 0 Å². The van der Waals surface area contributed by atoms with Crippen molar-refractivity contribution >= 4 is 5.69 Å². The maximum atomic E-state index is 13.7. The van der Waals surface area contributed by atoms with Gasteiger partial charge in [-0.2, -0.15) is 0 Å². The van der Waals surface area contributed by atoms with Gasteiger partial charge in [0.05, 0.1) is 5.69 Å². The molecule has 1 N–H and O–H groups in total. The molecule has 0 aliphatic rings. The monoisotopic (exact) mass is 290 g/mol. The Morgan fingerprint density at radius 1 is 1.10 bits per heavy atom. The zero-order chi connectivity index (χ0) is 15.2. The zero-order valence-electron chi connectivity index (χ0n) is 12.3. The number of hydrogen-bond donors (Lipinski definition) is 1. The Morgan fingerprint density at radius 3 is 2.52 bits per heavy atom. The summed E-state index contributed by atoms with van der Waals surface area (Å²) in [6, 6.07) is 13.3. The van der Waals surface area contributed by atoms with Crippen LogP contribution in [-0.2, 0) is 0 Å². The second-order valence-corrected chi connectivity index (χ2v) is 5.06. The molecule has 0 aromatic heterocycles. The van der Waals surface area contributed by atoms with Crippen molar-refractivity contribution in [2.24, 2.45) is 0 Å². The van der Waals surface area contributed by atoms with E-state index in [0.29, 0.717) is 12.2 Å². The molecule has 2 nitrogen and oxygen atoms in total. The summed E-state index contributed by atoms with van der Waals surface area (Å²) in [6.45, 7) is 0.670. The number of halogens is 2. The molecule has 0 amide bonds. The minimum absolute atomic E-state index is 0.0370. The SMILES string of the molecule is CNC(CCN(C)c1ccccc1F)c1cccc(F)c1. The van der Waals surface area contributed by atoms with Crippen molar-refractivity contribution in [2.75, 3.05) is 25.5 Å². The molecular formula is C17H20F2N2. The van der Waals surface area contributed by atoms with Crippen LogP contribution in [0.15, 0.2) is 48.5 Å². The van der Waals surface area contributed by atoms with Gasteiger partial charge >= 0.3 is 0 Å². The number of benzene rings is 2. The van der Waals surface area contributed by atoms with Gasteiger partial charge in [0.25, 0.3) is 0 Å². The standard InChI is InChI=1S/C17H20F2N2/c1-20-16(13-6-5-7-14(18)12-13)10-11-21(2)17-9-4-3-8-15(17)19/h3-9,12,16,20H,10-11H2,1-2H3. The maximum Gasteiger partial charge on any atom is 0.146 e. The molecule has 0 spiro atoms. The predicted octanol–water partition coefficient (Wildman–Crippen LogP) is 3.75. The van der Waals surface area contributed by atoms with Crippen molar-refractivity contribution in [1.29, 1.82) is 0 Å². The van der Waals surface area contributed by atoms with Gasteiger partial charge in [0.15, 0.2) is 0 Å². The number of anilines is 1. The van der Waals surface area contributed by atoms with Crippen LogP contribution in [0.5, 0.6) is 0 Å². The fraction of sp³-hybridized carbons (Fsp3) is 0.294. The number of para-hydroxylation sites is 1. The van der Waals surface area contributed by atoms with Crippen LogP contribution in [0.4, 0.5) is 14.5 Å². The summed E-state index contributed by atoms with van der Waals surface area (Å²) in [5.74, 6) is -0.470. The number of rotatable bonds is 6. The van der Waals surface area contributed by atoms with Crippen molar-refractivity contribution in [3.8, 4) is 0 Å². The minimum Gasteiger partial charge on any atom is -0.372 e. The van der Waals surface area contributed by atoms with Crippen LogP contribution in [0.25, 0.3) is 0 Å². The molecule has 0 saturated heterocycles. The van der Waals surface area contributed by atoms with E-state index in [1.807, 2.05) is 31.1 Å². The second-order valence-electron chi connectivity index (χ2n) is 5.06. The van der Waals surface area contributed by atoms with E-state index in [2.05, 4.69) is 5.32 Å². The van der Waals surface area contributed by atoms with E-state index in [1.165, 1.54) is 18.2 Å². The first-order valence-corrected chi connectivity index (χ1v) is 7.00. The fourth-order valence-corrected chi connectivity index (χ4v) is 2.41. The van der Waals surface area contributed by atoms with Gasteiger partial charge in [-0.3, -0.25) is 0 Å². The van der Waals surface area contributed by atoms with Gasteiger partial charge in [-0.25, -0.2) is 8.78 Å². The Labute approximate surface area is 124 Å². The summed E-state index contributed by atoms with van der Waals surface area (Å²) < 4.78 is 27.0. The van der Waals surface area contributed by atoms with Crippen LogP contribution in [0, 0.1) is 11.6 Å². The molecule has 0 fully saturated rings. The van der Waals surface area contributed by atoms with Crippen LogP contribution in [0.1, 0.15) is 18.0 Å². The highest BCUT2D eigenvalue weighted by Crippen LogP contribution is 2.21. The number of hydrogen-bond acceptors (Lipinski definition) is 2. The highest BCUT2D eigenvalue weighted by molar-refractivity contribution is 5.46. The van der Waals surface area contributed by atoms with Crippen molar-refractivity contribution in [3.63, 3.8) is 0 Å². The largest absolute Gasteiger partial charge is 0.372 e. The second kappa shape index (κ2) is 7.18. The smallest absolute Gasteiger partial charge is 0.146 e. The number of nitrogens with one attached hydrogen (secondary N) is 1. The van der Waals surface area contributed by atoms with Crippen LogP contribution in [-0.4, -0.2) is 20.6 Å². The van der Waals surface area contributed by atoms with Gasteiger partial charge in [0.2, 0.25) is 0 Å². The van der Waals surface area contributed by atoms with E-state index < -0.39 is 0 Å². The zero-order valence-corrected chi connectivity index (χ0v) is 12.3. The highest BCUT2D eigenvalue weighted by atomic mass is 19.1. The Kier molecular flexibility index (Phi) is 5.28. The molecule has 1 atom stereocenters. The summed E-state index contributed by atoms with van der Waals surface area (Å²) in [7, 11) is 3.70. The lowest BCUT2D eigenvalue weighted by atomic mass is 10.0. The lowest BCUT2D eigenvalue weighted by molar-refractivity contribution is 0.539. The third-order valence-corrected chi connectivity index (χ3v) is 3.62. The Morgan fingerprint density at radius 2 is 1.86 bits per heavy atom. The van der Waals surface area contributed by atoms with E-state index in [0.717, 1.165) is 12.0 Å². The van der Waals surface area contributed by atoms with Gasteiger partial charge in [-0.05, 0) is 43.3 Å². The maximum absolute atomic E-state index is 13.7. The Balaban J connectivity index is 2.02. The molecule has 4 heteroatoms. The molecule has 2 aromatic carbocycles. The molecule has 0 radical (unpaired) electrons. The van der Waals surface area contributed by atoms with Crippen LogP contribution in [0.2, 0.25) is 0 Å². The van der Waals surface area contributed by atoms with E-state index in [9.17, 15) is 8.78 Å². The normalized spacial score (nSPS) is 12.2. The van der Waals surface area contributed by atoms with Gasteiger partial charge in [0.1, 0.15) is 11.6 Å². The first-order valence-electron chi connectivity index (χ1n) is 7.00. The van der Waals surface area contributed by atoms with E-state index in [-0.39, 0.29) is 17.7 Å². The van der Waals surface area contributed by atoms with E-state index in [1.54, 1.807) is 18.2 Å². The molecule has 2 aromatic rings. The van der Waals surface area contributed by atoms with E-state index in [4.69, 9.17) is 0 Å². The van der Waals surface area contributed by atoms with Crippen LogP contribution >= 0.6 is 0 Å². The molecule has 21 heavy (non-hydrogen) atoms. The molecule has 0 heterocycles. The fourth-order valence-electron chi connectivity index (χ4n) is 2.41. The Hall–Kier alpha value is -1.94. The minimum atomic E-state index is -0.241. The number of nitrogens with zero attached hydrogens (tertiary/aromatic N) is 1. The lowest BCUT2D eigenvalue weighted by Crippen LogP contribution is -2.25. The molecule has 0 aliphatic heterocycles. The van der Waals surface area contributed by atoms with Crippen molar-refractivity contribution in [2.45, 2.75) is 12.5 Å². The topological polar surface area (TPSA) is 15.3 Å². The average molecular weight is 290 g/mol. The summed E-state index contributed by atoms with van der Waals surface area (Å²) in [5, 5.41) is 3.18. The molecular weight excluding hydrogens is 270 g/mol. The quantitative estimate of drug-likeness (QED) is 0.871. The molecule has 1 unspecified atom stereocenters. The molecule has 0 saturated carbocycles. The summed E-state index contributed by atoms with van der Waals surface area (Å²) in [5.41, 5.74) is 1.48. The average Bonchev–Trinajstić information content (AvgIpc) is 2.48. The third kappa shape index (κ3) is 4.02. The van der Waals surface area contributed by atoms with Gasteiger partial charge in [-0.15, -0.1) is 0 Å². The van der Waals surface area contributed by atoms with Crippen molar-refractivity contribution < 1.29 is 8.78 Å². The highest BCUT2D eigenvalue weighted by Gasteiger charge is 2.12. The van der Waals surface area contributed by atoms with Gasteiger partial charge < -0.3 is 10.2 Å². The lowest BCUT2D eigenvalue weighted by Gasteiger charge is -2.23. The molecule has 2 rings (SSSR count). The Bertz CT molecular complexity index is 587. The van der Waals surface area contributed by atoms with Crippen molar-refractivity contribution in [1.82, 2.24) is 5.32 Å². The molecule has 0 aliphatic carbocycles. The molecule has 112 valence electrons. The first kappa shape index (κ1) is 15.4. The molecule has 0 bridgehead atoms. The predicted molar refractivity (Wildman–Crippen MR) is 82.5 cm³/mol. The van der Waals surface area contributed by atoms with Gasteiger partial charge in [0, 0.05) is 19.6 Å². The summed E-state index contributed by atoms with van der Waals surface area (Å²) >= 11 is 0. The van der Waals surface area contributed by atoms with E-state index >= 15 is 0 Å². The first-order chi connectivity index (χ1) is 10.1. The summed E-state index contributed by atoms with van der Waals surface area (Å²) in [6.07, 6.45) is 0.755. The summed E-state index contributed by atoms with van der Waals surface area (Å²) in [4.78, 5) is 1.87. The van der Waals surface area contributed by atoms with Gasteiger partial charge in [-0.1, -0.05) is 24.3 Å². The van der Waals surface area contributed by atoms with Crippen molar-refractivity contribution in [3.05, 3.63) is 65.7 Å².